The lowest BCUT2D eigenvalue weighted by molar-refractivity contribution is -0.123. The van der Waals surface area contributed by atoms with Crippen molar-refractivity contribution in [1.82, 2.24) is 0 Å². The Labute approximate surface area is 160 Å². The summed E-state index contributed by atoms with van der Waals surface area (Å²) >= 11 is 11.8. The zero-order chi connectivity index (χ0) is 19.3. The molecule has 6 nitrogen and oxygen atoms in total. The summed E-state index contributed by atoms with van der Waals surface area (Å²) in [5.74, 6) is -1.49. The van der Waals surface area contributed by atoms with E-state index in [1.165, 1.54) is 32.0 Å². The van der Waals surface area contributed by atoms with Crippen molar-refractivity contribution in [1.29, 1.82) is 0 Å². The fraction of sp³-hybridized carbons (Fsp3) is 0.167. The zero-order valence-corrected chi connectivity index (χ0v) is 15.5. The number of anilines is 2. The third-order valence-electron chi connectivity index (χ3n) is 3.26. The van der Waals surface area contributed by atoms with Crippen LogP contribution in [0.3, 0.4) is 0 Å². The number of carbonyl (C=O) groups excluding carboxylic acids is 3. The van der Waals surface area contributed by atoms with Crippen LogP contribution in [0.15, 0.2) is 42.5 Å². The molecule has 0 aliphatic rings. The number of nitrogens with one attached hydrogen (secondary N) is 2. The van der Waals surface area contributed by atoms with Gasteiger partial charge in [-0.1, -0.05) is 29.3 Å². The number of carbonyl (C=O) groups is 3. The second-order valence-corrected chi connectivity index (χ2v) is 6.27. The summed E-state index contributed by atoms with van der Waals surface area (Å²) in [4.78, 5) is 35.5. The molecule has 0 bridgehead atoms. The number of benzene rings is 2. The first-order valence-electron chi connectivity index (χ1n) is 7.61. The monoisotopic (exact) mass is 394 g/mol. The van der Waals surface area contributed by atoms with E-state index in [9.17, 15) is 14.4 Å². The molecule has 0 saturated heterocycles. The number of hydrogen-bond acceptors (Lipinski definition) is 4. The van der Waals surface area contributed by atoms with Crippen LogP contribution in [-0.4, -0.2) is 23.9 Å². The van der Waals surface area contributed by atoms with Crippen LogP contribution in [0.5, 0.6) is 0 Å². The summed E-state index contributed by atoms with van der Waals surface area (Å²) in [5.41, 5.74) is 1.02. The predicted octanol–water partition coefficient (Wildman–Crippen LogP) is 4.14. The van der Waals surface area contributed by atoms with Crippen LogP contribution in [-0.2, 0) is 14.3 Å². The quantitative estimate of drug-likeness (QED) is 0.746. The standard InChI is InChI=1S/C18H16Cl2N2O4/c1-10(17(24)22-16-7-6-13(19)9-15(16)20)26-18(25)12-4-3-5-14(8-12)21-11(2)23/h3-10H,1-2H3,(H,21,23)(H,22,24)/t10-/m0/s1. The molecular formula is C18H16Cl2N2O4. The molecule has 2 rings (SSSR count). The van der Waals surface area contributed by atoms with E-state index in [1.807, 2.05) is 0 Å². The number of esters is 1. The largest absolute Gasteiger partial charge is 0.449 e. The van der Waals surface area contributed by atoms with Crippen molar-refractivity contribution in [3.8, 4) is 0 Å². The van der Waals surface area contributed by atoms with Crippen molar-refractivity contribution in [2.75, 3.05) is 10.6 Å². The van der Waals surface area contributed by atoms with Crippen LogP contribution >= 0.6 is 23.2 Å². The van der Waals surface area contributed by atoms with E-state index in [2.05, 4.69) is 10.6 Å². The third-order valence-corrected chi connectivity index (χ3v) is 3.81. The van der Waals surface area contributed by atoms with E-state index in [0.717, 1.165) is 0 Å². The molecule has 0 aromatic heterocycles. The lowest BCUT2D eigenvalue weighted by Crippen LogP contribution is -2.30. The fourth-order valence-corrected chi connectivity index (χ4v) is 2.49. The first-order valence-corrected chi connectivity index (χ1v) is 8.36. The number of hydrogen-bond donors (Lipinski definition) is 2. The van der Waals surface area contributed by atoms with Crippen LogP contribution in [0.25, 0.3) is 0 Å². The Morgan fingerprint density at radius 3 is 2.42 bits per heavy atom. The molecule has 0 unspecified atom stereocenters. The van der Waals surface area contributed by atoms with E-state index in [0.29, 0.717) is 16.4 Å². The lowest BCUT2D eigenvalue weighted by atomic mass is 10.2. The van der Waals surface area contributed by atoms with Gasteiger partial charge in [-0.15, -0.1) is 0 Å². The highest BCUT2D eigenvalue weighted by Gasteiger charge is 2.20. The average molecular weight is 395 g/mol. The molecule has 2 aromatic rings. The maximum Gasteiger partial charge on any atom is 0.338 e. The molecule has 1 atom stereocenters. The number of ether oxygens (including phenoxy) is 1. The van der Waals surface area contributed by atoms with Crippen molar-refractivity contribution in [3.05, 3.63) is 58.1 Å². The van der Waals surface area contributed by atoms with Gasteiger partial charge in [-0.2, -0.15) is 0 Å². The smallest absolute Gasteiger partial charge is 0.338 e. The Hall–Kier alpha value is -2.57. The highest BCUT2D eigenvalue weighted by atomic mass is 35.5. The molecule has 136 valence electrons. The highest BCUT2D eigenvalue weighted by molar-refractivity contribution is 6.36. The van der Waals surface area contributed by atoms with Crippen LogP contribution in [0.1, 0.15) is 24.2 Å². The maximum absolute atomic E-state index is 12.2. The predicted molar refractivity (Wildman–Crippen MR) is 101 cm³/mol. The molecule has 0 aliphatic heterocycles. The summed E-state index contributed by atoms with van der Waals surface area (Å²) in [5, 5.41) is 5.84. The Morgan fingerprint density at radius 1 is 1.04 bits per heavy atom. The Bertz CT molecular complexity index is 855. The summed E-state index contributed by atoms with van der Waals surface area (Å²) in [6, 6.07) is 10.8. The molecular weight excluding hydrogens is 379 g/mol. The van der Waals surface area contributed by atoms with Gasteiger partial charge in [0, 0.05) is 17.6 Å². The molecule has 26 heavy (non-hydrogen) atoms. The van der Waals surface area contributed by atoms with E-state index in [-0.39, 0.29) is 16.5 Å². The molecule has 0 radical (unpaired) electrons. The molecule has 2 amide bonds. The minimum absolute atomic E-state index is 0.209. The number of amides is 2. The molecule has 2 N–H and O–H groups in total. The van der Waals surface area contributed by atoms with Crippen molar-refractivity contribution < 1.29 is 19.1 Å². The Morgan fingerprint density at radius 2 is 1.77 bits per heavy atom. The fourth-order valence-electron chi connectivity index (χ4n) is 2.03. The van der Waals surface area contributed by atoms with Crippen molar-refractivity contribution in [2.45, 2.75) is 20.0 Å². The van der Waals surface area contributed by atoms with Gasteiger partial charge in [-0.05, 0) is 43.3 Å². The minimum atomic E-state index is -1.06. The van der Waals surface area contributed by atoms with Gasteiger partial charge < -0.3 is 15.4 Å². The van der Waals surface area contributed by atoms with Crippen molar-refractivity contribution in [3.63, 3.8) is 0 Å². The van der Waals surface area contributed by atoms with E-state index >= 15 is 0 Å². The normalized spacial score (nSPS) is 11.4. The van der Waals surface area contributed by atoms with Gasteiger partial charge in [-0.25, -0.2) is 4.79 Å². The molecule has 0 spiro atoms. The van der Waals surface area contributed by atoms with Crippen LogP contribution in [0, 0.1) is 0 Å². The first kappa shape index (κ1) is 19.8. The van der Waals surface area contributed by atoms with Crippen LogP contribution in [0.2, 0.25) is 10.0 Å². The van der Waals surface area contributed by atoms with Crippen LogP contribution in [0.4, 0.5) is 11.4 Å². The molecule has 0 aliphatic carbocycles. The van der Waals surface area contributed by atoms with Gasteiger partial charge in [0.05, 0.1) is 16.3 Å². The average Bonchev–Trinajstić information content (AvgIpc) is 2.56. The summed E-state index contributed by atoms with van der Waals surface area (Å²) < 4.78 is 5.16. The third kappa shape index (κ3) is 5.47. The topological polar surface area (TPSA) is 84.5 Å². The SMILES string of the molecule is CC(=O)Nc1cccc(C(=O)O[C@@H](C)C(=O)Nc2ccc(Cl)cc2Cl)c1. The Kier molecular flexibility index (Phi) is 6.60. The van der Waals surface area contributed by atoms with Gasteiger partial charge in [0.25, 0.3) is 5.91 Å². The second-order valence-electron chi connectivity index (χ2n) is 5.42. The number of halogens is 2. The van der Waals surface area contributed by atoms with Gasteiger partial charge in [0.1, 0.15) is 0 Å². The Balaban J connectivity index is 2.01. The molecule has 0 saturated carbocycles. The summed E-state index contributed by atoms with van der Waals surface area (Å²) in [6.07, 6.45) is -1.06. The minimum Gasteiger partial charge on any atom is -0.449 e. The molecule has 0 fully saturated rings. The van der Waals surface area contributed by atoms with Gasteiger partial charge in [0.2, 0.25) is 5.91 Å². The maximum atomic E-state index is 12.2. The van der Waals surface area contributed by atoms with E-state index in [4.69, 9.17) is 27.9 Å². The second kappa shape index (κ2) is 8.69. The first-order chi connectivity index (χ1) is 12.3. The number of rotatable bonds is 5. The van der Waals surface area contributed by atoms with E-state index < -0.39 is 18.0 Å². The van der Waals surface area contributed by atoms with Crippen molar-refractivity contribution in [2.24, 2.45) is 0 Å². The molecule has 0 heterocycles. The van der Waals surface area contributed by atoms with Crippen LogP contribution < -0.4 is 10.6 Å². The van der Waals surface area contributed by atoms with Gasteiger partial charge in [-0.3, -0.25) is 9.59 Å². The lowest BCUT2D eigenvalue weighted by Gasteiger charge is -2.14. The zero-order valence-electron chi connectivity index (χ0n) is 14.0. The molecule has 8 heteroatoms. The van der Waals surface area contributed by atoms with Gasteiger partial charge in [0.15, 0.2) is 6.10 Å². The summed E-state index contributed by atoms with van der Waals surface area (Å²) in [7, 11) is 0. The van der Waals surface area contributed by atoms with Crippen molar-refractivity contribution >= 4 is 52.4 Å². The van der Waals surface area contributed by atoms with Gasteiger partial charge >= 0.3 is 5.97 Å². The summed E-state index contributed by atoms with van der Waals surface area (Å²) in [6.45, 7) is 2.80. The van der Waals surface area contributed by atoms with E-state index in [1.54, 1.807) is 24.3 Å². The molecule has 2 aromatic carbocycles. The highest BCUT2D eigenvalue weighted by Crippen LogP contribution is 2.25.